The fourth-order valence-electron chi connectivity index (χ4n) is 11.3. The summed E-state index contributed by atoms with van der Waals surface area (Å²) in [6.07, 6.45) is 0.911. The summed E-state index contributed by atoms with van der Waals surface area (Å²) < 4.78 is 0. The molecule has 22 N–H and O–H groups in total. The molecule has 586 valence electrons. The number of primary amides is 1. The summed E-state index contributed by atoms with van der Waals surface area (Å²) in [5, 5.41) is 62.5. The van der Waals surface area contributed by atoms with E-state index in [1.165, 1.54) is 50.6 Å². The van der Waals surface area contributed by atoms with Gasteiger partial charge in [0.05, 0.1) is 38.0 Å². The molecule has 3 fully saturated rings. The molecule has 13 atom stereocenters. The standard InChI is InChI=1S/C67H96N18O18S4/c1-34(2)22-42-60(95)81-47-30-105-104-29-46(58(93)73-27-52(89)75-43(23-37-13-16-39(86)17-14-37)61(96)76-41(59(94)78-42)12-8-9-20-68)80-63(98)48(31-106-107-32-49(67(102)103)83-65(100)55-50(87)19-21-85(55)66(101)45(79-62(47)97)24-38-26-71-33-74-38)82-64(99)54(35(3)4)84-53(90)28-72-57(92)44(25-51(70)88)77-56(91)40(69)18-15-36-10-6-5-7-11-36/h5-7,10-11,13-14,16-17,26,33-35,40-50,54-55,86-87H,8-9,12,15,18-25,27-32,68-69H2,1-4H3,(H2,70,88)(H,71,74)(H,72,92)(H,73,93)(H,75,89)(H,76,96)(H,77,91)(H,78,94)(H,79,97)(H,80,98)(H,81,95)(H,82,99)(H,83,100)(H,84,90)(H,102,103)/t40-,41-,42-,43-,44-,45-,46-,47-,48-,49-,50-,54-,55-/m0/s1. The van der Waals surface area contributed by atoms with E-state index in [1.807, 2.05) is 30.3 Å². The maximum Gasteiger partial charge on any atom is 0.327 e. The zero-order valence-corrected chi connectivity index (χ0v) is 62.7. The zero-order chi connectivity index (χ0) is 78.4. The normalized spacial score (nSPS) is 23.9. The van der Waals surface area contributed by atoms with Crippen LogP contribution < -0.4 is 81.0 Å². The summed E-state index contributed by atoms with van der Waals surface area (Å²) in [6.45, 7) is 4.82. The van der Waals surface area contributed by atoms with Crippen molar-refractivity contribution in [2.75, 3.05) is 49.2 Å². The van der Waals surface area contributed by atoms with Gasteiger partial charge in [-0.2, -0.15) is 0 Å². The van der Waals surface area contributed by atoms with Gasteiger partial charge < -0.3 is 106 Å². The number of aromatic hydroxyl groups is 1. The lowest BCUT2D eigenvalue weighted by Crippen LogP contribution is -2.61. The zero-order valence-electron chi connectivity index (χ0n) is 59.5. The second-order valence-electron chi connectivity index (χ2n) is 26.5. The predicted octanol–water partition coefficient (Wildman–Crippen LogP) is -4.52. The number of unbranched alkanes of at least 4 members (excludes halogenated alkanes) is 1. The molecule has 1 aromatic heterocycles. The number of aliphatic hydroxyl groups is 1. The monoisotopic (exact) mass is 1570 g/mol. The number of imidazole rings is 1. The number of fused-ring (bicyclic) bond motifs is 6. The van der Waals surface area contributed by atoms with Crippen LogP contribution in [0.1, 0.15) is 89.5 Å². The number of carboxylic acid groups (broad SMARTS) is 1. The number of nitrogens with one attached hydrogen (secondary N) is 13. The molecule has 0 aliphatic carbocycles. The van der Waals surface area contributed by atoms with E-state index < -0.39 is 216 Å². The van der Waals surface area contributed by atoms with Gasteiger partial charge in [0.1, 0.15) is 72.2 Å². The van der Waals surface area contributed by atoms with E-state index in [2.05, 4.69) is 73.8 Å². The van der Waals surface area contributed by atoms with Crippen LogP contribution in [0, 0.1) is 11.8 Å². The van der Waals surface area contributed by atoms with E-state index in [-0.39, 0.29) is 63.3 Å². The minimum absolute atomic E-state index is 0.0210. The van der Waals surface area contributed by atoms with Crippen LogP contribution in [0.5, 0.6) is 5.75 Å². The predicted molar refractivity (Wildman–Crippen MR) is 397 cm³/mol. The van der Waals surface area contributed by atoms with E-state index in [1.54, 1.807) is 13.8 Å². The van der Waals surface area contributed by atoms with E-state index in [0.29, 0.717) is 30.5 Å². The highest BCUT2D eigenvalue weighted by atomic mass is 33.1. The number of rotatable bonds is 25. The Morgan fingerprint density at radius 2 is 1.31 bits per heavy atom. The van der Waals surface area contributed by atoms with Crippen molar-refractivity contribution in [3.05, 3.63) is 83.9 Å². The first kappa shape index (κ1) is 86.7. The molecule has 3 saturated heterocycles. The maximum absolute atomic E-state index is 15.0. The topological polar surface area (TPSA) is 571 Å². The summed E-state index contributed by atoms with van der Waals surface area (Å²) >= 11 is 0. The van der Waals surface area contributed by atoms with E-state index >= 15 is 4.79 Å². The van der Waals surface area contributed by atoms with Crippen molar-refractivity contribution < 1.29 is 87.2 Å². The molecular formula is C67H96N18O18S4. The fraction of sp³-hybridized carbons (Fsp3) is 0.552. The average Bonchev–Trinajstić information content (AvgIpc) is 1.69. The SMILES string of the molecule is CC(C)C[C@@H]1NC(=O)[C@H](CCCCN)NC(=O)[C@H](Cc2ccc(O)cc2)NC(=O)CNC(=O)[C@@H]2CSSC[C@H](NC1=O)C(=O)N[C@@H](Cc1cnc[nH]1)C(=O)N1CC[C@H](O)[C@H]1C(=O)N[C@H](C(=O)O)CSSC[C@H](NC(=O)[C@@H](NC(=O)CNC(=O)[C@H](CC(N)=O)NC(=O)[C@@H](N)CCc1ccccc1)C(C)C)C(=O)N2. The summed E-state index contributed by atoms with van der Waals surface area (Å²) in [6, 6.07) is -3.77. The first-order chi connectivity index (χ1) is 50.9. The maximum atomic E-state index is 15.0. The Bertz CT molecular complexity index is 3590. The second kappa shape index (κ2) is 43.6. The Morgan fingerprint density at radius 3 is 1.95 bits per heavy atom. The van der Waals surface area contributed by atoms with Crippen LogP contribution in [-0.4, -0.2) is 247 Å². The molecule has 0 unspecified atom stereocenters. The molecule has 36 nitrogen and oxygen atoms in total. The molecule has 3 aromatic rings. The minimum atomic E-state index is -1.75. The van der Waals surface area contributed by atoms with E-state index in [4.69, 9.17) is 17.2 Å². The largest absolute Gasteiger partial charge is 0.508 e. The number of phenolic OH excluding ortho intramolecular Hbond substituents is 1. The number of benzene rings is 2. The van der Waals surface area contributed by atoms with Crippen LogP contribution in [0.4, 0.5) is 0 Å². The molecular weight excluding hydrogens is 1470 g/mol. The lowest BCUT2D eigenvalue weighted by molar-refractivity contribution is -0.146. The third-order valence-corrected chi connectivity index (χ3v) is 22.0. The highest BCUT2D eigenvalue weighted by Crippen LogP contribution is 2.28. The molecule has 107 heavy (non-hydrogen) atoms. The Labute approximate surface area is 632 Å². The first-order valence-electron chi connectivity index (χ1n) is 34.7. The Balaban J connectivity index is 1.36. The number of aromatic nitrogens is 2. The summed E-state index contributed by atoms with van der Waals surface area (Å²) in [5.41, 5.74) is 19.0. The van der Waals surface area contributed by atoms with Crippen LogP contribution in [0.15, 0.2) is 67.1 Å². The number of carboxylic acids is 1. The number of carbonyl (C=O) groups is 15. The number of hydrogen-bond acceptors (Lipinski definition) is 24. The third kappa shape index (κ3) is 28.5. The summed E-state index contributed by atoms with van der Waals surface area (Å²) in [5.74, 6) is -18.0. The number of H-pyrrole nitrogens is 1. The van der Waals surface area contributed by atoms with Gasteiger partial charge in [-0.25, -0.2) is 9.78 Å². The van der Waals surface area contributed by atoms with Gasteiger partial charge in [-0.1, -0.05) is 113 Å². The Kier molecular flexibility index (Phi) is 35.3. The molecule has 3 aliphatic heterocycles. The smallest absolute Gasteiger partial charge is 0.327 e. The van der Waals surface area contributed by atoms with Gasteiger partial charge in [-0.15, -0.1) is 0 Å². The van der Waals surface area contributed by atoms with E-state index in [0.717, 1.165) is 53.6 Å². The van der Waals surface area contributed by atoms with Crippen molar-refractivity contribution in [1.29, 1.82) is 0 Å². The molecule has 0 spiro atoms. The van der Waals surface area contributed by atoms with Crippen molar-refractivity contribution in [2.45, 2.75) is 171 Å². The number of aliphatic carboxylic acids is 1. The number of aryl methyl sites for hydroxylation is 1. The van der Waals surface area contributed by atoms with Crippen LogP contribution >= 0.6 is 43.2 Å². The highest BCUT2D eigenvalue weighted by Gasteiger charge is 2.45. The molecule has 6 rings (SSSR count). The van der Waals surface area contributed by atoms with Crippen molar-refractivity contribution in [1.82, 2.24) is 78.7 Å². The van der Waals surface area contributed by atoms with Crippen LogP contribution in [0.3, 0.4) is 0 Å². The van der Waals surface area contributed by atoms with Crippen molar-refractivity contribution in [3.63, 3.8) is 0 Å². The number of aliphatic hydroxyl groups excluding tert-OH is 1. The molecule has 2 aromatic carbocycles. The minimum Gasteiger partial charge on any atom is -0.508 e. The second-order valence-corrected chi connectivity index (χ2v) is 31.6. The van der Waals surface area contributed by atoms with E-state index in [9.17, 15) is 82.4 Å². The molecule has 0 saturated carbocycles. The number of amides is 14. The number of hydrogen-bond donors (Lipinski definition) is 19. The van der Waals surface area contributed by atoms with Gasteiger partial charge >= 0.3 is 5.97 Å². The number of nitrogens with zero attached hydrogens (tertiary/aromatic N) is 2. The lowest BCUT2D eigenvalue weighted by atomic mass is 10.0. The third-order valence-electron chi connectivity index (χ3n) is 17.2. The Morgan fingerprint density at radius 1 is 0.673 bits per heavy atom. The number of aromatic amines is 1. The van der Waals surface area contributed by atoms with Crippen molar-refractivity contribution in [3.8, 4) is 5.75 Å². The van der Waals surface area contributed by atoms with Gasteiger partial charge in [0.2, 0.25) is 82.7 Å². The quantitative estimate of drug-likeness (QED) is 0.0281. The Hall–Kier alpha value is -9.22. The molecule has 4 heterocycles. The van der Waals surface area contributed by atoms with Crippen molar-refractivity contribution >= 4 is 132 Å². The number of phenols is 1. The molecule has 2 bridgehead atoms. The fourth-order valence-corrected chi connectivity index (χ4v) is 16.0. The van der Waals surface area contributed by atoms with Gasteiger partial charge in [0.15, 0.2) is 0 Å². The van der Waals surface area contributed by atoms with Crippen LogP contribution in [0.25, 0.3) is 0 Å². The lowest BCUT2D eigenvalue weighted by Gasteiger charge is -2.31. The van der Waals surface area contributed by atoms with Crippen molar-refractivity contribution in [2.24, 2.45) is 29.0 Å². The van der Waals surface area contributed by atoms with Gasteiger partial charge in [-0.05, 0) is 86.6 Å². The number of carbonyl (C=O) groups excluding carboxylic acids is 14. The molecule has 3 aliphatic rings. The first-order valence-corrected chi connectivity index (χ1v) is 39.7. The summed E-state index contributed by atoms with van der Waals surface area (Å²) in [7, 11) is 3.35. The van der Waals surface area contributed by atoms with Crippen LogP contribution in [0.2, 0.25) is 0 Å². The molecule has 0 radical (unpaired) electrons. The van der Waals surface area contributed by atoms with Gasteiger partial charge in [-0.3, -0.25) is 67.1 Å². The summed E-state index contributed by atoms with van der Waals surface area (Å²) in [4.78, 5) is 220. The molecule has 14 amide bonds. The van der Waals surface area contributed by atoms with Crippen LogP contribution in [-0.2, 0) is 91.2 Å². The molecule has 40 heteroatoms. The highest BCUT2D eigenvalue weighted by molar-refractivity contribution is 8.77. The van der Waals surface area contributed by atoms with Gasteiger partial charge in [0.25, 0.3) is 0 Å². The van der Waals surface area contributed by atoms with Gasteiger partial charge in [0, 0.05) is 54.3 Å². The number of nitrogens with two attached hydrogens (primary N) is 3. The average molecular weight is 1570 g/mol.